The van der Waals surface area contributed by atoms with E-state index >= 15 is 0 Å². The van der Waals surface area contributed by atoms with Crippen LogP contribution in [-0.2, 0) is 16.0 Å². The van der Waals surface area contributed by atoms with Gasteiger partial charge in [0, 0.05) is 23.9 Å². The molecule has 24 heavy (non-hydrogen) atoms. The Morgan fingerprint density at radius 1 is 1.08 bits per heavy atom. The van der Waals surface area contributed by atoms with E-state index in [9.17, 15) is 9.59 Å². The number of carbonyl (C=O) groups excluding carboxylic acids is 2. The van der Waals surface area contributed by atoms with Gasteiger partial charge in [-0.1, -0.05) is 18.0 Å². The van der Waals surface area contributed by atoms with E-state index < -0.39 is 0 Å². The molecule has 7 heteroatoms. The molecule has 0 spiro atoms. The number of hydrogen-bond acceptors (Lipinski definition) is 4. The molecule has 134 valence electrons. The minimum atomic E-state index is -0.365. The summed E-state index contributed by atoms with van der Waals surface area (Å²) in [4.78, 5) is 21.4. The molecule has 0 saturated heterocycles. The molecule has 1 unspecified atom stereocenters. The lowest BCUT2D eigenvalue weighted by atomic mass is 10.1. The maximum Gasteiger partial charge on any atom is 0.217 e. The van der Waals surface area contributed by atoms with E-state index in [0.29, 0.717) is 30.2 Å². The Morgan fingerprint density at radius 2 is 1.79 bits per heavy atom. The first-order valence-electron chi connectivity index (χ1n) is 8.12. The van der Waals surface area contributed by atoms with E-state index in [4.69, 9.17) is 33.5 Å². The van der Waals surface area contributed by atoms with Gasteiger partial charge in [-0.15, -0.1) is 0 Å². The lowest BCUT2D eigenvalue weighted by Crippen LogP contribution is -2.29. The number of rotatable bonds is 12. The van der Waals surface area contributed by atoms with Crippen LogP contribution in [0.2, 0.25) is 5.02 Å². The van der Waals surface area contributed by atoms with E-state index in [-0.39, 0.29) is 24.3 Å². The average molecular weight is 356 g/mol. The van der Waals surface area contributed by atoms with Crippen molar-refractivity contribution in [3.63, 3.8) is 0 Å². The monoisotopic (exact) mass is 355 g/mol. The summed E-state index contributed by atoms with van der Waals surface area (Å²) in [6.07, 6.45) is 4.61. The highest BCUT2D eigenvalue weighted by molar-refractivity contribution is 6.31. The van der Waals surface area contributed by atoms with Gasteiger partial charge in [0.15, 0.2) is 0 Å². The standard InChI is InChI=1S/C17H26ClN3O3/c18-15-8-7-14(24-11-13(19)6-9-17(21)23)10-12(15)4-2-1-3-5-16(20)22/h7-8,10,13H,1-6,9,11,19H2,(H2,20,22)(H2,21,23). The second-order valence-corrected chi connectivity index (χ2v) is 6.26. The molecule has 6 nitrogen and oxygen atoms in total. The minimum Gasteiger partial charge on any atom is -0.492 e. The van der Waals surface area contributed by atoms with Crippen molar-refractivity contribution in [3.8, 4) is 5.75 Å². The Hall–Kier alpha value is -1.79. The SMILES string of the molecule is NC(=O)CCCCCc1cc(OCC(N)CCC(N)=O)ccc1Cl. The number of ether oxygens (including phenoxy) is 1. The fourth-order valence-corrected chi connectivity index (χ4v) is 2.45. The van der Waals surface area contributed by atoms with Gasteiger partial charge in [-0.3, -0.25) is 9.59 Å². The Balaban J connectivity index is 2.41. The molecule has 0 aliphatic carbocycles. The molecule has 1 aromatic carbocycles. The summed E-state index contributed by atoms with van der Waals surface area (Å²) in [6, 6.07) is 5.24. The highest BCUT2D eigenvalue weighted by Crippen LogP contribution is 2.24. The molecule has 0 saturated carbocycles. The number of hydrogen-bond donors (Lipinski definition) is 3. The van der Waals surface area contributed by atoms with Crippen molar-refractivity contribution < 1.29 is 14.3 Å². The molecule has 0 radical (unpaired) electrons. The molecule has 1 rings (SSSR count). The molecule has 0 heterocycles. The molecule has 0 aromatic heterocycles. The summed E-state index contributed by atoms with van der Waals surface area (Å²) in [7, 11) is 0. The lowest BCUT2D eigenvalue weighted by Gasteiger charge is -2.14. The molecule has 6 N–H and O–H groups in total. The zero-order chi connectivity index (χ0) is 17.9. The topological polar surface area (TPSA) is 121 Å². The van der Waals surface area contributed by atoms with Gasteiger partial charge in [-0.2, -0.15) is 0 Å². The Morgan fingerprint density at radius 3 is 2.46 bits per heavy atom. The fraction of sp³-hybridized carbons (Fsp3) is 0.529. The molecular weight excluding hydrogens is 330 g/mol. The molecule has 0 aliphatic heterocycles. The van der Waals surface area contributed by atoms with Gasteiger partial charge < -0.3 is 21.9 Å². The van der Waals surface area contributed by atoms with Gasteiger partial charge >= 0.3 is 0 Å². The number of aryl methyl sites for hydroxylation is 1. The maximum atomic E-state index is 10.7. The molecule has 1 atom stereocenters. The van der Waals surface area contributed by atoms with Crippen LogP contribution >= 0.6 is 11.6 Å². The van der Waals surface area contributed by atoms with Crippen molar-refractivity contribution in [2.45, 2.75) is 51.0 Å². The van der Waals surface area contributed by atoms with Crippen LogP contribution in [0.4, 0.5) is 0 Å². The number of carbonyl (C=O) groups is 2. The van der Waals surface area contributed by atoms with Crippen molar-refractivity contribution in [2.24, 2.45) is 17.2 Å². The summed E-state index contributed by atoms with van der Waals surface area (Å²) in [5, 5.41) is 0.690. The Bertz CT molecular complexity index is 552. The van der Waals surface area contributed by atoms with Crippen molar-refractivity contribution in [2.75, 3.05) is 6.61 Å². The van der Waals surface area contributed by atoms with Crippen LogP contribution in [0.3, 0.4) is 0 Å². The van der Waals surface area contributed by atoms with Gasteiger partial charge in [0.2, 0.25) is 11.8 Å². The number of benzene rings is 1. The molecular formula is C17H26ClN3O3. The fourth-order valence-electron chi connectivity index (χ4n) is 2.24. The van der Waals surface area contributed by atoms with E-state index in [0.717, 1.165) is 31.2 Å². The zero-order valence-corrected chi connectivity index (χ0v) is 14.6. The second kappa shape index (κ2) is 10.9. The number of unbranched alkanes of at least 4 members (excludes halogenated alkanes) is 2. The van der Waals surface area contributed by atoms with Crippen molar-refractivity contribution in [1.29, 1.82) is 0 Å². The first kappa shape index (κ1) is 20.3. The maximum absolute atomic E-state index is 10.7. The molecule has 0 aliphatic rings. The quantitative estimate of drug-likeness (QED) is 0.495. The van der Waals surface area contributed by atoms with Crippen LogP contribution < -0.4 is 21.9 Å². The van der Waals surface area contributed by atoms with Gasteiger partial charge in [0.25, 0.3) is 0 Å². The van der Waals surface area contributed by atoms with Crippen LogP contribution in [0.15, 0.2) is 18.2 Å². The first-order chi connectivity index (χ1) is 11.4. The van der Waals surface area contributed by atoms with Crippen molar-refractivity contribution >= 4 is 23.4 Å². The molecule has 2 amide bonds. The number of halogens is 1. The van der Waals surface area contributed by atoms with Crippen LogP contribution in [0, 0.1) is 0 Å². The Labute approximate surface area is 147 Å². The largest absolute Gasteiger partial charge is 0.492 e. The summed E-state index contributed by atoms with van der Waals surface area (Å²) < 4.78 is 5.66. The smallest absolute Gasteiger partial charge is 0.217 e. The van der Waals surface area contributed by atoms with Crippen molar-refractivity contribution in [1.82, 2.24) is 0 Å². The van der Waals surface area contributed by atoms with Crippen LogP contribution in [0.25, 0.3) is 0 Å². The summed E-state index contributed by atoms with van der Waals surface area (Å²) in [6.45, 7) is 0.312. The number of nitrogens with two attached hydrogens (primary N) is 3. The van der Waals surface area contributed by atoms with Crippen LogP contribution in [0.5, 0.6) is 5.75 Å². The van der Waals surface area contributed by atoms with Gasteiger partial charge in [-0.05, 0) is 49.4 Å². The van der Waals surface area contributed by atoms with Crippen molar-refractivity contribution in [3.05, 3.63) is 28.8 Å². The van der Waals surface area contributed by atoms with E-state index in [1.54, 1.807) is 12.1 Å². The van der Waals surface area contributed by atoms with Gasteiger partial charge in [0.1, 0.15) is 12.4 Å². The third-order valence-corrected chi connectivity index (χ3v) is 3.98. The highest BCUT2D eigenvalue weighted by Gasteiger charge is 2.08. The summed E-state index contributed by atoms with van der Waals surface area (Å²) in [5.74, 6) is 0.0627. The third-order valence-electron chi connectivity index (χ3n) is 3.61. The summed E-state index contributed by atoms with van der Waals surface area (Å²) >= 11 is 6.20. The second-order valence-electron chi connectivity index (χ2n) is 5.86. The Kier molecular flexibility index (Phi) is 9.19. The average Bonchev–Trinajstić information content (AvgIpc) is 2.52. The third kappa shape index (κ3) is 8.74. The number of primary amides is 2. The van der Waals surface area contributed by atoms with Gasteiger partial charge in [-0.25, -0.2) is 0 Å². The van der Waals surface area contributed by atoms with E-state index in [2.05, 4.69) is 0 Å². The minimum absolute atomic E-state index is 0.245. The highest BCUT2D eigenvalue weighted by atomic mass is 35.5. The lowest BCUT2D eigenvalue weighted by molar-refractivity contribution is -0.119. The zero-order valence-electron chi connectivity index (χ0n) is 13.8. The van der Waals surface area contributed by atoms with E-state index in [1.807, 2.05) is 6.07 Å². The molecule has 0 fully saturated rings. The molecule has 0 bridgehead atoms. The predicted molar refractivity (Wildman–Crippen MR) is 94.7 cm³/mol. The van der Waals surface area contributed by atoms with E-state index in [1.165, 1.54) is 0 Å². The first-order valence-corrected chi connectivity index (χ1v) is 8.49. The summed E-state index contributed by atoms with van der Waals surface area (Å²) in [5.41, 5.74) is 17.1. The van der Waals surface area contributed by atoms with Crippen LogP contribution in [0.1, 0.15) is 44.1 Å². The normalized spacial score (nSPS) is 11.9. The van der Waals surface area contributed by atoms with Crippen LogP contribution in [-0.4, -0.2) is 24.5 Å². The number of amides is 2. The molecule has 1 aromatic rings. The van der Waals surface area contributed by atoms with Gasteiger partial charge in [0.05, 0.1) is 0 Å². The predicted octanol–water partition coefficient (Wildman–Crippen LogP) is 1.90.